The van der Waals surface area contributed by atoms with Crippen LogP contribution >= 0.6 is 0 Å². The molecular formula is C28H38O18Te2. The average molecular weight is 918 g/mol. The molecule has 2 heterocycles. The molecule has 0 spiro atoms. The van der Waals surface area contributed by atoms with Crippen LogP contribution in [-0.4, -0.2) is 152 Å². The van der Waals surface area contributed by atoms with Crippen molar-refractivity contribution >= 4 is 81.9 Å². The molecule has 270 valence electrons. The van der Waals surface area contributed by atoms with Crippen molar-refractivity contribution in [1.29, 1.82) is 0 Å². The van der Waals surface area contributed by atoms with E-state index in [2.05, 4.69) is 0 Å². The number of hydrogen-bond acceptors (Lipinski definition) is 18. The zero-order valence-electron chi connectivity index (χ0n) is 27.4. The van der Waals surface area contributed by atoms with E-state index in [1.807, 2.05) is 0 Å². The van der Waals surface area contributed by atoms with E-state index >= 15 is 0 Å². The van der Waals surface area contributed by atoms with Gasteiger partial charge in [0.25, 0.3) is 0 Å². The van der Waals surface area contributed by atoms with Gasteiger partial charge in [-0.2, -0.15) is 0 Å². The standard InChI is InChI=1S/C28H38O18Te2/c1-11(29)37-9-19-21(39-13(3)31)23(41-15(5)33)25(43-17(7)35)27(45-19)47-48-28-26(44-18(8)36)24(42-16(6)34)22(40-14(4)32)20(46-28)10-38-12(2)30/h19-28H,9-10H2,1-8H3/t19-,20-,21-,22-,23+,24+,25-,26-,27+,28+/m1/s1. The van der Waals surface area contributed by atoms with Crippen LogP contribution in [0.25, 0.3) is 0 Å². The van der Waals surface area contributed by atoms with Gasteiger partial charge in [0.15, 0.2) is 0 Å². The molecule has 10 atom stereocenters. The van der Waals surface area contributed by atoms with Crippen molar-refractivity contribution in [2.45, 2.75) is 113 Å². The van der Waals surface area contributed by atoms with Gasteiger partial charge in [-0.1, -0.05) is 0 Å². The second kappa shape index (κ2) is 19.4. The van der Waals surface area contributed by atoms with Crippen molar-refractivity contribution in [3.05, 3.63) is 0 Å². The van der Waals surface area contributed by atoms with E-state index in [0.29, 0.717) is 0 Å². The van der Waals surface area contributed by atoms with Gasteiger partial charge in [-0.15, -0.1) is 0 Å². The van der Waals surface area contributed by atoms with Crippen LogP contribution < -0.4 is 0 Å². The summed E-state index contributed by atoms with van der Waals surface area (Å²) >= 11 is -3.13. The monoisotopic (exact) mass is 922 g/mol. The van der Waals surface area contributed by atoms with Crippen molar-refractivity contribution in [3.63, 3.8) is 0 Å². The Labute approximate surface area is 292 Å². The molecule has 48 heavy (non-hydrogen) atoms. The molecule has 0 saturated carbocycles. The molecule has 2 aliphatic heterocycles. The van der Waals surface area contributed by atoms with E-state index in [0.717, 1.165) is 55.4 Å². The van der Waals surface area contributed by atoms with Crippen LogP contribution in [0.5, 0.6) is 0 Å². The molecule has 2 aliphatic rings. The van der Waals surface area contributed by atoms with Gasteiger partial charge in [0, 0.05) is 0 Å². The summed E-state index contributed by atoms with van der Waals surface area (Å²) in [7, 11) is 0. The summed E-state index contributed by atoms with van der Waals surface area (Å²) in [4.78, 5) is 96.3. The Morgan fingerprint density at radius 2 is 0.646 bits per heavy atom. The van der Waals surface area contributed by atoms with E-state index < -0.39 is 152 Å². The molecule has 0 bridgehead atoms. The molecule has 0 amide bonds. The van der Waals surface area contributed by atoms with Gasteiger partial charge in [0.05, 0.1) is 0 Å². The molecule has 18 nitrogen and oxygen atoms in total. The Bertz CT molecular complexity index is 1130. The molecule has 0 radical (unpaired) electrons. The predicted octanol–water partition coefficient (Wildman–Crippen LogP) is -1.52. The SMILES string of the molecule is CC(=O)OC[C@H]1O[C@@H]([Te][Te][C@@H]2O[C@H](COC(C)=O)[C@@H](OC(C)=O)[C@H](OC(C)=O)[C@H]2OC(C)=O)[C@H](OC(C)=O)[C@@H](OC(C)=O)[C@@H]1OC(C)=O. The van der Waals surface area contributed by atoms with Crippen LogP contribution in [0.3, 0.4) is 0 Å². The van der Waals surface area contributed by atoms with Crippen LogP contribution in [-0.2, 0) is 85.7 Å². The Balaban J connectivity index is 2.57. The second-order valence-electron chi connectivity index (χ2n) is 10.3. The van der Waals surface area contributed by atoms with E-state index in [4.69, 9.17) is 47.4 Å². The maximum atomic E-state index is 12.2. The first kappa shape index (κ1) is 41.4. The third kappa shape index (κ3) is 13.3. The third-order valence-electron chi connectivity index (χ3n) is 6.14. The Kier molecular flexibility index (Phi) is 16.8. The van der Waals surface area contributed by atoms with E-state index in [1.54, 1.807) is 0 Å². The zero-order chi connectivity index (χ0) is 36.3. The van der Waals surface area contributed by atoms with Gasteiger partial charge in [0.1, 0.15) is 0 Å². The van der Waals surface area contributed by atoms with E-state index in [-0.39, 0.29) is 0 Å². The Morgan fingerprint density at radius 1 is 0.396 bits per heavy atom. The minimum atomic E-state index is -1.57. The summed E-state index contributed by atoms with van der Waals surface area (Å²) in [5.74, 6) is -6.04. The molecule has 0 aliphatic carbocycles. The van der Waals surface area contributed by atoms with Gasteiger partial charge in [-0.3, -0.25) is 0 Å². The third-order valence-corrected chi connectivity index (χ3v) is 19.1. The van der Waals surface area contributed by atoms with Crippen molar-refractivity contribution < 1.29 is 85.7 Å². The Morgan fingerprint density at radius 3 is 0.896 bits per heavy atom. The molecule has 0 unspecified atom stereocenters. The first-order chi connectivity index (χ1) is 22.4. The number of rotatable bonds is 13. The van der Waals surface area contributed by atoms with Crippen molar-refractivity contribution in [1.82, 2.24) is 0 Å². The van der Waals surface area contributed by atoms with E-state index in [9.17, 15) is 38.4 Å². The van der Waals surface area contributed by atoms with Crippen molar-refractivity contribution in [2.24, 2.45) is 0 Å². The maximum absolute atomic E-state index is 12.2. The topological polar surface area (TPSA) is 229 Å². The average Bonchev–Trinajstić information content (AvgIpc) is 2.93. The van der Waals surface area contributed by atoms with Crippen LogP contribution in [0.2, 0.25) is 0 Å². The molecule has 0 aromatic carbocycles. The fraction of sp³-hybridized carbons (Fsp3) is 0.714. The van der Waals surface area contributed by atoms with Crippen LogP contribution in [0, 0.1) is 0 Å². The quantitative estimate of drug-likeness (QED) is 0.116. The van der Waals surface area contributed by atoms with Crippen molar-refractivity contribution in [3.8, 4) is 0 Å². The van der Waals surface area contributed by atoms with Gasteiger partial charge >= 0.3 is 293 Å². The molecule has 2 saturated heterocycles. The summed E-state index contributed by atoms with van der Waals surface area (Å²) in [6.07, 6.45) is -10.3. The summed E-state index contributed by atoms with van der Waals surface area (Å²) in [5, 5.41) is 0. The minimum absolute atomic E-state index is 0.416. The predicted molar refractivity (Wildman–Crippen MR) is 155 cm³/mol. The second-order valence-corrected chi connectivity index (χ2v) is 21.4. The molecular weight excluding hydrogens is 879 g/mol. The van der Waals surface area contributed by atoms with Gasteiger partial charge in [0.2, 0.25) is 0 Å². The fourth-order valence-electron chi connectivity index (χ4n) is 4.64. The summed E-state index contributed by atoms with van der Waals surface area (Å²) in [6, 6.07) is 0. The zero-order valence-corrected chi connectivity index (χ0v) is 32.0. The first-order valence-electron chi connectivity index (χ1n) is 14.3. The molecule has 0 aromatic heterocycles. The molecule has 20 heteroatoms. The number of esters is 8. The molecule has 0 aromatic rings. The number of hydrogen-bond donors (Lipinski definition) is 0. The number of carbonyl (C=O) groups is 8. The summed E-state index contributed by atoms with van der Waals surface area (Å²) in [5.41, 5.74) is 0. The summed E-state index contributed by atoms with van der Waals surface area (Å²) in [6.45, 7) is 8.11. The number of ether oxygens (including phenoxy) is 10. The first-order valence-corrected chi connectivity index (χ1v) is 24.3. The van der Waals surface area contributed by atoms with Crippen LogP contribution in [0.4, 0.5) is 0 Å². The van der Waals surface area contributed by atoms with Gasteiger partial charge < -0.3 is 0 Å². The van der Waals surface area contributed by atoms with E-state index in [1.165, 1.54) is 0 Å². The Hall–Kier alpha value is -2.74. The van der Waals surface area contributed by atoms with Crippen molar-refractivity contribution in [2.75, 3.05) is 13.2 Å². The molecule has 2 rings (SSSR count). The van der Waals surface area contributed by atoms with Crippen LogP contribution in [0.1, 0.15) is 55.4 Å². The molecule has 0 N–H and O–H groups in total. The van der Waals surface area contributed by atoms with Gasteiger partial charge in [-0.05, 0) is 0 Å². The summed E-state index contributed by atoms with van der Waals surface area (Å²) < 4.78 is 53.7. The molecule has 2 fully saturated rings. The van der Waals surface area contributed by atoms with Crippen LogP contribution in [0.15, 0.2) is 0 Å². The van der Waals surface area contributed by atoms with Gasteiger partial charge in [-0.25, -0.2) is 0 Å². The fourth-order valence-corrected chi connectivity index (χ4v) is 18.3. The number of carbonyl (C=O) groups excluding carboxylic acids is 8. The normalized spacial score (nSPS) is 29.7.